The molecule has 1 aromatic carbocycles. The summed E-state index contributed by atoms with van der Waals surface area (Å²) in [4.78, 5) is 41.1. The highest BCUT2D eigenvalue weighted by Gasteiger charge is 2.27. The van der Waals surface area contributed by atoms with E-state index in [-0.39, 0.29) is 40.8 Å². The Morgan fingerprint density at radius 3 is 2.77 bits per heavy atom. The molecule has 1 aliphatic heterocycles. The molecule has 31 heavy (non-hydrogen) atoms. The summed E-state index contributed by atoms with van der Waals surface area (Å²) in [5.41, 5.74) is 0.329. The Morgan fingerprint density at radius 2 is 2.10 bits per heavy atom. The van der Waals surface area contributed by atoms with Gasteiger partial charge in [0.25, 0.3) is 5.91 Å². The molecular formula is C18H19BrN4O7S. The highest BCUT2D eigenvalue weighted by atomic mass is 79.9. The molecule has 1 aromatic heterocycles. The standard InChI is InChI=1S/C18H19BrN4O7S/c1-8-21-17(30-23-8)10-7-31-6-9-11(24)3-12(28-2)16(19)15(9)18(27)29-5-14(26)20-4-13(25)22-10/h3,10,24H,4-7H2,1-2H3,(H,20,26)(H,22,25)/t10-/m0/s1. The summed E-state index contributed by atoms with van der Waals surface area (Å²) in [6.45, 7) is 0.727. The number of carbonyl (C=O) groups excluding carboxylic acids is 3. The average Bonchev–Trinajstić information content (AvgIpc) is 3.17. The van der Waals surface area contributed by atoms with Gasteiger partial charge >= 0.3 is 5.97 Å². The van der Waals surface area contributed by atoms with Crippen molar-refractivity contribution >= 4 is 45.5 Å². The van der Waals surface area contributed by atoms with Crippen molar-refractivity contribution in [3.8, 4) is 11.5 Å². The van der Waals surface area contributed by atoms with Gasteiger partial charge in [0.2, 0.25) is 11.8 Å². The van der Waals surface area contributed by atoms with Crippen LogP contribution in [0.5, 0.6) is 11.5 Å². The van der Waals surface area contributed by atoms with Crippen LogP contribution in [0.1, 0.15) is 33.7 Å². The first-order chi connectivity index (χ1) is 14.8. The van der Waals surface area contributed by atoms with E-state index in [0.29, 0.717) is 16.0 Å². The number of thioether (sulfide) groups is 1. The van der Waals surface area contributed by atoms with Crippen molar-refractivity contribution in [3.05, 3.63) is 33.4 Å². The van der Waals surface area contributed by atoms with E-state index in [1.54, 1.807) is 6.92 Å². The van der Waals surface area contributed by atoms with Gasteiger partial charge < -0.3 is 29.7 Å². The molecule has 1 atom stereocenters. The summed E-state index contributed by atoms with van der Waals surface area (Å²) in [6.07, 6.45) is 0. The lowest BCUT2D eigenvalue weighted by atomic mass is 10.1. The van der Waals surface area contributed by atoms with Crippen LogP contribution in [0.3, 0.4) is 0 Å². The first kappa shape index (κ1) is 22.9. The second-order valence-corrected chi connectivity index (χ2v) is 8.26. The fourth-order valence-corrected chi connectivity index (χ4v) is 4.51. The van der Waals surface area contributed by atoms with E-state index >= 15 is 0 Å². The number of phenols is 1. The van der Waals surface area contributed by atoms with Crippen LogP contribution in [-0.2, 0) is 20.1 Å². The van der Waals surface area contributed by atoms with Crippen molar-refractivity contribution in [3.63, 3.8) is 0 Å². The number of nitrogens with zero attached hydrogens (tertiary/aromatic N) is 2. The van der Waals surface area contributed by atoms with E-state index in [4.69, 9.17) is 14.0 Å². The fraction of sp³-hybridized carbons (Fsp3) is 0.389. The van der Waals surface area contributed by atoms with Gasteiger partial charge in [-0.3, -0.25) is 9.59 Å². The molecule has 11 nitrogen and oxygen atoms in total. The van der Waals surface area contributed by atoms with Crippen molar-refractivity contribution in [1.29, 1.82) is 0 Å². The van der Waals surface area contributed by atoms with Gasteiger partial charge in [0.1, 0.15) is 17.5 Å². The number of nitrogens with one attached hydrogen (secondary N) is 2. The monoisotopic (exact) mass is 514 g/mol. The quantitative estimate of drug-likeness (QED) is 0.498. The van der Waals surface area contributed by atoms with Gasteiger partial charge in [-0.25, -0.2) is 4.79 Å². The molecule has 0 bridgehead atoms. The molecule has 166 valence electrons. The van der Waals surface area contributed by atoms with Crippen LogP contribution in [0.15, 0.2) is 15.1 Å². The first-order valence-corrected chi connectivity index (χ1v) is 10.9. The number of aromatic nitrogens is 2. The highest BCUT2D eigenvalue weighted by Crippen LogP contribution is 2.39. The Hall–Kier alpha value is -2.80. The number of hydrogen-bond acceptors (Lipinski definition) is 10. The predicted octanol–water partition coefficient (Wildman–Crippen LogP) is 1.23. The number of ether oxygens (including phenoxy) is 2. The third-order valence-electron chi connectivity index (χ3n) is 4.23. The van der Waals surface area contributed by atoms with E-state index in [9.17, 15) is 19.5 Å². The lowest BCUT2D eigenvalue weighted by Gasteiger charge is -2.18. The van der Waals surface area contributed by atoms with Gasteiger partial charge in [-0.05, 0) is 22.9 Å². The molecule has 3 rings (SSSR count). The number of cyclic esters (lactones) is 1. The van der Waals surface area contributed by atoms with Crippen LogP contribution in [0.2, 0.25) is 0 Å². The second kappa shape index (κ2) is 10.0. The lowest BCUT2D eigenvalue weighted by molar-refractivity contribution is -0.128. The average molecular weight is 515 g/mol. The minimum absolute atomic E-state index is 0.0448. The van der Waals surface area contributed by atoms with E-state index in [0.717, 1.165) is 0 Å². The molecule has 0 saturated heterocycles. The zero-order chi connectivity index (χ0) is 22.5. The lowest BCUT2D eigenvalue weighted by Crippen LogP contribution is -2.41. The van der Waals surface area contributed by atoms with Gasteiger partial charge in [-0.15, -0.1) is 0 Å². The number of aromatic hydroxyl groups is 1. The zero-order valence-electron chi connectivity index (χ0n) is 16.6. The number of aryl methyl sites for hydroxylation is 1. The highest BCUT2D eigenvalue weighted by molar-refractivity contribution is 9.10. The minimum Gasteiger partial charge on any atom is -0.507 e. The van der Waals surface area contributed by atoms with Gasteiger partial charge in [0.05, 0.1) is 23.7 Å². The summed E-state index contributed by atoms with van der Waals surface area (Å²) in [5.74, 6) is -0.819. The molecule has 1 aliphatic rings. The normalized spacial score (nSPS) is 18.3. The van der Waals surface area contributed by atoms with Gasteiger partial charge in [-0.1, -0.05) is 5.16 Å². The van der Waals surface area contributed by atoms with E-state index < -0.39 is 30.4 Å². The van der Waals surface area contributed by atoms with Crippen molar-refractivity contribution < 1.29 is 33.5 Å². The van der Waals surface area contributed by atoms with Crippen LogP contribution < -0.4 is 15.4 Å². The maximum Gasteiger partial charge on any atom is 0.340 e. The Balaban J connectivity index is 1.95. The molecular weight excluding hydrogens is 496 g/mol. The number of amides is 2. The van der Waals surface area contributed by atoms with Crippen LogP contribution in [0.4, 0.5) is 0 Å². The molecule has 0 aliphatic carbocycles. The Bertz CT molecular complexity index is 1010. The van der Waals surface area contributed by atoms with Gasteiger partial charge in [0, 0.05) is 23.1 Å². The summed E-state index contributed by atoms with van der Waals surface area (Å²) >= 11 is 4.62. The van der Waals surface area contributed by atoms with E-state index in [1.165, 1.54) is 24.9 Å². The number of phenolic OH excluding ortho intramolecular Hbond substituents is 1. The van der Waals surface area contributed by atoms with Crippen molar-refractivity contribution in [2.24, 2.45) is 0 Å². The second-order valence-electron chi connectivity index (χ2n) is 6.43. The Morgan fingerprint density at radius 1 is 1.32 bits per heavy atom. The SMILES string of the molecule is COc1cc(O)c2c(c1Br)C(=O)OCC(=O)NCC(=O)N[C@H](c1nc(C)no1)CSC2. The van der Waals surface area contributed by atoms with E-state index in [1.807, 2.05) is 0 Å². The summed E-state index contributed by atoms with van der Waals surface area (Å²) in [5, 5.41) is 19.3. The molecule has 0 unspecified atom stereocenters. The largest absolute Gasteiger partial charge is 0.507 e. The molecule has 13 heteroatoms. The summed E-state index contributed by atoms with van der Waals surface area (Å²) in [6, 6.07) is 0.727. The number of rotatable bonds is 2. The molecule has 2 amide bonds. The maximum absolute atomic E-state index is 12.7. The number of esters is 1. The third kappa shape index (κ3) is 5.47. The predicted molar refractivity (Wildman–Crippen MR) is 112 cm³/mol. The molecule has 0 fully saturated rings. The first-order valence-electron chi connectivity index (χ1n) is 8.99. The number of methoxy groups -OCH3 is 1. The van der Waals surface area contributed by atoms with Crippen molar-refractivity contribution in [2.45, 2.75) is 18.7 Å². The number of halogens is 1. The van der Waals surface area contributed by atoms with E-state index in [2.05, 4.69) is 36.7 Å². The van der Waals surface area contributed by atoms with Crippen LogP contribution in [0, 0.1) is 6.92 Å². The smallest absolute Gasteiger partial charge is 0.340 e. The summed E-state index contributed by atoms with van der Waals surface area (Å²) < 4.78 is 15.7. The topological polar surface area (TPSA) is 153 Å². The van der Waals surface area contributed by atoms with Gasteiger partial charge in [-0.2, -0.15) is 16.7 Å². The molecule has 2 heterocycles. The fourth-order valence-electron chi connectivity index (χ4n) is 2.75. The number of carbonyl (C=O) groups is 3. The van der Waals surface area contributed by atoms with Crippen molar-refractivity contribution in [2.75, 3.05) is 26.0 Å². The summed E-state index contributed by atoms with van der Waals surface area (Å²) in [7, 11) is 1.39. The number of fused-ring (bicyclic) bond motifs is 1. The number of hydrogen-bond donors (Lipinski definition) is 3. The zero-order valence-corrected chi connectivity index (χ0v) is 19.0. The Labute approximate surface area is 189 Å². The number of benzene rings is 1. The minimum atomic E-state index is -0.822. The van der Waals surface area contributed by atoms with Gasteiger partial charge in [0.15, 0.2) is 12.4 Å². The van der Waals surface area contributed by atoms with Crippen LogP contribution in [0.25, 0.3) is 0 Å². The molecule has 2 aromatic rings. The maximum atomic E-state index is 12.7. The molecule has 0 spiro atoms. The molecule has 3 N–H and O–H groups in total. The van der Waals surface area contributed by atoms with Crippen LogP contribution >= 0.6 is 27.7 Å². The molecule has 0 radical (unpaired) electrons. The Kier molecular flexibility index (Phi) is 7.38. The van der Waals surface area contributed by atoms with Crippen LogP contribution in [-0.4, -0.2) is 59.0 Å². The van der Waals surface area contributed by atoms with Crippen molar-refractivity contribution in [1.82, 2.24) is 20.8 Å². The third-order valence-corrected chi connectivity index (χ3v) is 6.08. The molecule has 0 saturated carbocycles.